The zero-order valence-corrected chi connectivity index (χ0v) is 12.0. The smallest absolute Gasteiger partial charge is 0.332 e. The lowest BCUT2D eigenvalue weighted by molar-refractivity contribution is -0.148. The largest absolute Gasteiger partial charge is 0.464 e. The molecule has 1 aliphatic rings. The molecule has 2 atom stereocenters. The minimum atomic E-state index is -0.272. The molecule has 4 nitrogen and oxygen atoms in total. The normalized spacial score (nSPS) is 24.2. The van der Waals surface area contributed by atoms with Crippen LogP contribution in [0.4, 0.5) is 0 Å². The van der Waals surface area contributed by atoms with Crippen LogP contribution in [0.3, 0.4) is 0 Å². The Kier molecular flexibility index (Phi) is 7.28. The molecule has 4 heteroatoms. The Hall–Kier alpha value is -0.610. The van der Waals surface area contributed by atoms with Crippen LogP contribution in [-0.2, 0) is 14.3 Å². The van der Waals surface area contributed by atoms with E-state index in [4.69, 9.17) is 9.47 Å². The summed E-state index contributed by atoms with van der Waals surface area (Å²) in [5.41, 5.74) is 0. The number of hydrogen-bond donors (Lipinski definition) is 0. The van der Waals surface area contributed by atoms with E-state index in [1.54, 1.807) is 6.92 Å². The van der Waals surface area contributed by atoms with Gasteiger partial charge in [-0.15, -0.1) is 0 Å². The minimum Gasteiger partial charge on any atom is -0.464 e. The molecular weight excluding hydrogens is 230 g/mol. The van der Waals surface area contributed by atoms with Gasteiger partial charge in [0, 0.05) is 12.6 Å². The van der Waals surface area contributed by atoms with Crippen LogP contribution in [0, 0.1) is 5.92 Å². The molecule has 0 N–H and O–H groups in total. The predicted molar refractivity (Wildman–Crippen MR) is 71.5 cm³/mol. The molecule has 0 heterocycles. The molecule has 0 amide bonds. The number of nitrogens with zero attached hydrogens (tertiary/aromatic N) is 1. The maximum absolute atomic E-state index is 11.1. The second kappa shape index (κ2) is 8.48. The van der Waals surface area contributed by atoms with Crippen LogP contribution in [0.5, 0.6) is 0 Å². The molecular formula is C14H27NO3. The average Bonchev–Trinajstić information content (AvgIpc) is 2.35. The highest BCUT2D eigenvalue weighted by atomic mass is 16.6. The van der Waals surface area contributed by atoms with Gasteiger partial charge in [-0.3, -0.25) is 0 Å². The van der Waals surface area contributed by atoms with Gasteiger partial charge in [-0.05, 0) is 32.7 Å². The molecule has 106 valence electrons. The number of carbonyl (C=O) groups excluding carboxylic acids is 1. The molecule has 1 fully saturated rings. The fourth-order valence-electron chi connectivity index (χ4n) is 2.68. The fourth-order valence-corrected chi connectivity index (χ4v) is 2.68. The molecule has 0 aromatic rings. The highest BCUT2D eigenvalue weighted by Crippen LogP contribution is 2.26. The summed E-state index contributed by atoms with van der Waals surface area (Å²) in [6, 6.07) is 0.671. The first-order valence-electron chi connectivity index (χ1n) is 7.08. The Bertz CT molecular complexity index is 245. The summed E-state index contributed by atoms with van der Waals surface area (Å²) in [7, 11) is 2.15. The van der Waals surface area contributed by atoms with Crippen LogP contribution in [0.25, 0.3) is 0 Å². The van der Waals surface area contributed by atoms with Crippen LogP contribution in [0.15, 0.2) is 0 Å². The van der Waals surface area contributed by atoms with E-state index in [1.165, 1.54) is 25.7 Å². The average molecular weight is 257 g/mol. The maximum atomic E-state index is 11.1. The van der Waals surface area contributed by atoms with E-state index in [0.29, 0.717) is 19.3 Å². The topological polar surface area (TPSA) is 38.8 Å². The van der Waals surface area contributed by atoms with Gasteiger partial charge in [0.15, 0.2) is 0 Å². The van der Waals surface area contributed by atoms with Crippen molar-refractivity contribution in [1.82, 2.24) is 4.90 Å². The standard InChI is InChI=1S/C14H27NO3/c1-4-18-14(16)11-17-10-9-15(3)13-8-6-5-7-12(13)2/h12-13H,4-11H2,1-3H3. The molecule has 0 aromatic carbocycles. The second-order valence-corrected chi connectivity index (χ2v) is 5.17. The van der Waals surface area contributed by atoms with E-state index in [0.717, 1.165) is 12.5 Å². The van der Waals surface area contributed by atoms with Gasteiger partial charge in [0.25, 0.3) is 0 Å². The molecule has 1 saturated carbocycles. The molecule has 1 rings (SSSR count). The second-order valence-electron chi connectivity index (χ2n) is 5.17. The summed E-state index contributed by atoms with van der Waals surface area (Å²) in [6.45, 7) is 6.10. The minimum absolute atomic E-state index is 0.0713. The van der Waals surface area contributed by atoms with Crippen molar-refractivity contribution in [1.29, 1.82) is 0 Å². The maximum Gasteiger partial charge on any atom is 0.332 e. The summed E-state index contributed by atoms with van der Waals surface area (Å²) < 4.78 is 10.1. The molecule has 0 aromatic heterocycles. The van der Waals surface area contributed by atoms with Gasteiger partial charge < -0.3 is 14.4 Å². The lowest BCUT2D eigenvalue weighted by Gasteiger charge is -2.36. The van der Waals surface area contributed by atoms with Crippen molar-refractivity contribution in [2.75, 3.05) is 33.4 Å². The zero-order chi connectivity index (χ0) is 13.4. The Labute approximate surface area is 111 Å². The number of ether oxygens (including phenoxy) is 2. The van der Waals surface area contributed by atoms with Crippen molar-refractivity contribution in [3.05, 3.63) is 0 Å². The van der Waals surface area contributed by atoms with Gasteiger partial charge in [0.05, 0.1) is 13.2 Å². The van der Waals surface area contributed by atoms with Crippen molar-refractivity contribution in [3.8, 4) is 0 Å². The van der Waals surface area contributed by atoms with Crippen molar-refractivity contribution in [3.63, 3.8) is 0 Å². The Morgan fingerprint density at radius 2 is 2.06 bits per heavy atom. The Morgan fingerprint density at radius 1 is 1.33 bits per heavy atom. The Morgan fingerprint density at radius 3 is 2.72 bits per heavy atom. The predicted octanol–water partition coefficient (Wildman–Crippen LogP) is 2.08. The number of hydrogen-bond acceptors (Lipinski definition) is 4. The third-order valence-corrected chi connectivity index (χ3v) is 3.75. The fraction of sp³-hybridized carbons (Fsp3) is 0.929. The van der Waals surface area contributed by atoms with Gasteiger partial charge >= 0.3 is 5.97 Å². The van der Waals surface area contributed by atoms with Crippen LogP contribution >= 0.6 is 0 Å². The molecule has 0 saturated heterocycles. The van der Waals surface area contributed by atoms with Gasteiger partial charge in [-0.25, -0.2) is 4.79 Å². The molecule has 18 heavy (non-hydrogen) atoms. The SMILES string of the molecule is CCOC(=O)COCCN(C)C1CCCCC1C. The van der Waals surface area contributed by atoms with E-state index in [9.17, 15) is 4.79 Å². The van der Waals surface area contributed by atoms with Crippen molar-refractivity contribution in [2.45, 2.75) is 45.6 Å². The lowest BCUT2D eigenvalue weighted by Crippen LogP contribution is -2.40. The highest BCUT2D eigenvalue weighted by Gasteiger charge is 2.24. The number of carbonyl (C=O) groups is 1. The van der Waals surface area contributed by atoms with E-state index in [2.05, 4.69) is 18.9 Å². The summed E-state index contributed by atoms with van der Waals surface area (Å²) in [5.74, 6) is 0.500. The third-order valence-electron chi connectivity index (χ3n) is 3.75. The van der Waals surface area contributed by atoms with Crippen LogP contribution < -0.4 is 0 Å². The van der Waals surface area contributed by atoms with Gasteiger partial charge in [0.2, 0.25) is 0 Å². The summed E-state index contributed by atoms with van der Waals surface area (Å²) >= 11 is 0. The number of esters is 1. The quantitative estimate of drug-likeness (QED) is 0.517. The molecule has 0 radical (unpaired) electrons. The monoisotopic (exact) mass is 257 g/mol. The van der Waals surface area contributed by atoms with Gasteiger partial charge in [0.1, 0.15) is 6.61 Å². The summed E-state index contributed by atoms with van der Waals surface area (Å²) in [5, 5.41) is 0. The van der Waals surface area contributed by atoms with E-state index >= 15 is 0 Å². The first-order valence-corrected chi connectivity index (χ1v) is 7.08. The van der Waals surface area contributed by atoms with E-state index in [-0.39, 0.29) is 12.6 Å². The molecule has 2 unspecified atom stereocenters. The van der Waals surface area contributed by atoms with Gasteiger partial charge in [-0.1, -0.05) is 19.8 Å². The highest BCUT2D eigenvalue weighted by molar-refractivity contribution is 5.70. The summed E-state index contributed by atoms with van der Waals surface area (Å²) in [4.78, 5) is 13.5. The Balaban J connectivity index is 2.12. The van der Waals surface area contributed by atoms with Crippen molar-refractivity contribution >= 4 is 5.97 Å². The van der Waals surface area contributed by atoms with E-state index in [1.807, 2.05) is 0 Å². The third kappa shape index (κ3) is 5.36. The summed E-state index contributed by atoms with van der Waals surface area (Å²) in [6.07, 6.45) is 5.32. The zero-order valence-electron chi connectivity index (χ0n) is 12.0. The first-order chi connectivity index (χ1) is 8.65. The van der Waals surface area contributed by atoms with Gasteiger partial charge in [-0.2, -0.15) is 0 Å². The van der Waals surface area contributed by atoms with E-state index < -0.39 is 0 Å². The number of likely N-dealkylation sites (N-methyl/N-ethyl adjacent to an activating group) is 1. The van der Waals surface area contributed by atoms with Crippen LogP contribution in [0.1, 0.15) is 39.5 Å². The van der Waals surface area contributed by atoms with Crippen LogP contribution in [-0.4, -0.2) is 50.3 Å². The number of rotatable bonds is 7. The molecule has 0 aliphatic heterocycles. The molecule has 1 aliphatic carbocycles. The first kappa shape index (κ1) is 15.4. The van der Waals surface area contributed by atoms with Crippen molar-refractivity contribution in [2.24, 2.45) is 5.92 Å². The van der Waals surface area contributed by atoms with Crippen molar-refractivity contribution < 1.29 is 14.3 Å². The molecule has 0 bridgehead atoms. The lowest BCUT2D eigenvalue weighted by atomic mass is 9.85. The van der Waals surface area contributed by atoms with Crippen LogP contribution in [0.2, 0.25) is 0 Å². The molecule has 0 spiro atoms.